The highest BCUT2D eigenvalue weighted by molar-refractivity contribution is 6.31. The number of benzene rings is 2. The van der Waals surface area contributed by atoms with Gasteiger partial charge in [-0.1, -0.05) is 29.8 Å². The van der Waals surface area contributed by atoms with Gasteiger partial charge in [-0.25, -0.2) is 4.79 Å². The predicted molar refractivity (Wildman–Crippen MR) is 132 cm³/mol. The highest BCUT2D eigenvalue weighted by Crippen LogP contribution is 2.49. The Labute approximate surface area is 209 Å². The number of hydrogen-bond donors (Lipinski definition) is 1. The van der Waals surface area contributed by atoms with Crippen LogP contribution in [0.2, 0.25) is 5.02 Å². The smallest absolute Gasteiger partial charge is 0.336 e. The zero-order chi connectivity index (χ0) is 25.3. The molecule has 0 amide bonds. The van der Waals surface area contributed by atoms with Gasteiger partial charge >= 0.3 is 5.97 Å². The molecule has 0 radical (unpaired) electrons. The molecule has 1 heterocycles. The summed E-state index contributed by atoms with van der Waals surface area (Å²) in [4.78, 5) is 26.6. The largest absolute Gasteiger partial charge is 0.493 e. The summed E-state index contributed by atoms with van der Waals surface area (Å²) in [6.45, 7) is 1.81. The van der Waals surface area contributed by atoms with Crippen molar-refractivity contribution >= 4 is 23.4 Å². The predicted octanol–water partition coefficient (Wildman–Crippen LogP) is 4.90. The van der Waals surface area contributed by atoms with Gasteiger partial charge in [0.25, 0.3) is 0 Å². The first-order chi connectivity index (χ1) is 16.8. The monoisotopic (exact) mass is 497 g/mol. The number of allylic oxidation sites excluding steroid dienone is 3. The number of esters is 1. The molecule has 0 spiro atoms. The van der Waals surface area contributed by atoms with E-state index in [9.17, 15) is 9.59 Å². The van der Waals surface area contributed by atoms with Crippen LogP contribution in [0.25, 0.3) is 0 Å². The molecule has 7 nitrogen and oxygen atoms in total. The standard InChI is InChI=1S/C27H28ClNO6/c1-14-23(27(31)35-5)24(16-12-21(32-2)26(34-4)22(13-16)33-3)25-19(29-14)10-15(11-20(25)30)17-8-6-7-9-18(17)28/h6-9,12-13,15,24,29H,10-11H2,1-5H3/t15-,24+/m1/s1. The van der Waals surface area contributed by atoms with Crippen LogP contribution in [0.5, 0.6) is 17.2 Å². The van der Waals surface area contributed by atoms with Crippen molar-refractivity contribution in [3.8, 4) is 17.2 Å². The second kappa shape index (κ2) is 10.0. The van der Waals surface area contributed by atoms with Gasteiger partial charge < -0.3 is 24.3 Å². The molecule has 2 aromatic carbocycles. The summed E-state index contributed by atoms with van der Waals surface area (Å²) in [6.07, 6.45) is 0.857. The van der Waals surface area contributed by atoms with Crippen LogP contribution in [0.4, 0.5) is 0 Å². The van der Waals surface area contributed by atoms with Crippen LogP contribution in [-0.4, -0.2) is 40.2 Å². The van der Waals surface area contributed by atoms with E-state index in [0.717, 1.165) is 11.3 Å². The van der Waals surface area contributed by atoms with Gasteiger partial charge in [0.15, 0.2) is 17.3 Å². The fraction of sp³-hybridized carbons (Fsp3) is 0.333. The Morgan fingerprint density at radius 1 is 1.00 bits per heavy atom. The molecular formula is C27H28ClNO6. The molecule has 2 aliphatic rings. The normalized spacial score (nSPS) is 19.7. The minimum absolute atomic E-state index is 0.0590. The molecule has 8 heteroatoms. The highest BCUT2D eigenvalue weighted by Gasteiger charge is 2.42. The van der Waals surface area contributed by atoms with Crippen LogP contribution in [-0.2, 0) is 14.3 Å². The van der Waals surface area contributed by atoms with Crippen LogP contribution in [0.3, 0.4) is 0 Å². The molecule has 0 aromatic heterocycles. The number of carbonyl (C=O) groups is 2. The first-order valence-electron chi connectivity index (χ1n) is 11.2. The van der Waals surface area contributed by atoms with Crippen molar-refractivity contribution in [2.75, 3.05) is 28.4 Å². The molecule has 1 aliphatic carbocycles. The average Bonchev–Trinajstić information content (AvgIpc) is 2.86. The van der Waals surface area contributed by atoms with E-state index in [2.05, 4.69) is 5.32 Å². The third-order valence-electron chi connectivity index (χ3n) is 6.60. The van der Waals surface area contributed by atoms with Gasteiger partial charge in [-0.3, -0.25) is 4.79 Å². The number of rotatable bonds is 6. The number of carbonyl (C=O) groups excluding carboxylic acids is 2. The van der Waals surface area contributed by atoms with Gasteiger partial charge in [-0.2, -0.15) is 0 Å². The molecule has 0 bridgehead atoms. The van der Waals surface area contributed by atoms with Gasteiger partial charge in [0.05, 0.1) is 34.0 Å². The second-order valence-corrected chi connectivity index (χ2v) is 8.90. The lowest BCUT2D eigenvalue weighted by atomic mass is 9.71. The second-order valence-electron chi connectivity index (χ2n) is 8.49. The van der Waals surface area contributed by atoms with Crippen molar-refractivity contribution in [3.05, 3.63) is 75.1 Å². The Morgan fingerprint density at radius 2 is 1.66 bits per heavy atom. The molecule has 184 valence electrons. The number of Topliss-reactive ketones (excluding diaryl/α,β-unsaturated/α-hetero) is 1. The van der Waals surface area contributed by atoms with E-state index >= 15 is 0 Å². The van der Waals surface area contributed by atoms with E-state index < -0.39 is 11.9 Å². The number of hydrogen-bond acceptors (Lipinski definition) is 7. The van der Waals surface area contributed by atoms with Crippen molar-refractivity contribution < 1.29 is 28.5 Å². The number of ketones is 1. The maximum Gasteiger partial charge on any atom is 0.336 e. The fourth-order valence-corrected chi connectivity index (χ4v) is 5.34. The van der Waals surface area contributed by atoms with Crippen molar-refractivity contribution in [2.45, 2.75) is 31.6 Å². The topological polar surface area (TPSA) is 83.1 Å². The summed E-state index contributed by atoms with van der Waals surface area (Å²) in [5, 5.41) is 3.95. The van der Waals surface area contributed by atoms with Crippen LogP contribution in [0.1, 0.15) is 42.7 Å². The van der Waals surface area contributed by atoms with Crippen LogP contribution >= 0.6 is 11.6 Å². The van der Waals surface area contributed by atoms with E-state index in [-0.39, 0.29) is 18.1 Å². The molecule has 0 unspecified atom stereocenters. The van der Waals surface area contributed by atoms with Crippen molar-refractivity contribution in [2.24, 2.45) is 0 Å². The Balaban J connectivity index is 1.89. The van der Waals surface area contributed by atoms with Gasteiger partial charge in [0, 0.05) is 34.3 Å². The van der Waals surface area contributed by atoms with Crippen LogP contribution in [0, 0.1) is 0 Å². The number of halogens is 1. The van der Waals surface area contributed by atoms with Crippen molar-refractivity contribution in [3.63, 3.8) is 0 Å². The quantitative estimate of drug-likeness (QED) is 0.568. The minimum Gasteiger partial charge on any atom is -0.493 e. The van der Waals surface area contributed by atoms with Crippen LogP contribution < -0.4 is 19.5 Å². The van der Waals surface area contributed by atoms with E-state index in [0.29, 0.717) is 51.1 Å². The number of dihydropyridines is 1. The molecule has 0 saturated carbocycles. The van der Waals surface area contributed by atoms with Gasteiger partial charge in [0.1, 0.15) is 0 Å². The van der Waals surface area contributed by atoms with Gasteiger partial charge in [-0.05, 0) is 48.6 Å². The van der Waals surface area contributed by atoms with E-state index in [1.165, 1.54) is 28.4 Å². The molecule has 35 heavy (non-hydrogen) atoms. The molecule has 0 saturated heterocycles. The lowest BCUT2D eigenvalue weighted by Gasteiger charge is -2.37. The van der Waals surface area contributed by atoms with Gasteiger partial charge in [0.2, 0.25) is 5.75 Å². The maximum atomic E-state index is 13.7. The summed E-state index contributed by atoms with van der Waals surface area (Å²) in [5.41, 5.74) is 3.90. The lowest BCUT2D eigenvalue weighted by molar-refractivity contribution is -0.136. The highest BCUT2D eigenvalue weighted by atomic mass is 35.5. The zero-order valence-corrected chi connectivity index (χ0v) is 21.1. The minimum atomic E-state index is -0.660. The maximum absolute atomic E-state index is 13.7. The van der Waals surface area contributed by atoms with E-state index in [1.54, 1.807) is 12.1 Å². The molecule has 2 atom stereocenters. The lowest BCUT2D eigenvalue weighted by Crippen LogP contribution is -2.36. The van der Waals surface area contributed by atoms with Crippen LogP contribution in [0.15, 0.2) is 58.9 Å². The third-order valence-corrected chi connectivity index (χ3v) is 6.94. The number of nitrogens with one attached hydrogen (secondary N) is 1. The number of ether oxygens (including phenoxy) is 4. The Kier molecular flexibility index (Phi) is 7.08. The third kappa shape index (κ3) is 4.36. The Hall–Kier alpha value is -3.45. The SMILES string of the molecule is COC(=O)C1=C(C)NC2=C(C(=O)C[C@H](c3ccccc3Cl)C2)[C@H]1c1cc(OC)c(OC)c(OC)c1. The summed E-state index contributed by atoms with van der Waals surface area (Å²) >= 11 is 6.45. The summed E-state index contributed by atoms with van der Waals surface area (Å²) < 4.78 is 21.7. The van der Waals surface area contributed by atoms with Gasteiger partial charge in [-0.15, -0.1) is 0 Å². The summed E-state index contributed by atoms with van der Waals surface area (Å²) in [5.74, 6) is -0.0144. The molecular weight excluding hydrogens is 470 g/mol. The molecule has 2 aromatic rings. The summed E-state index contributed by atoms with van der Waals surface area (Å²) in [7, 11) is 5.90. The molecule has 4 rings (SSSR count). The Morgan fingerprint density at radius 3 is 2.23 bits per heavy atom. The van der Waals surface area contributed by atoms with E-state index in [4.69, 9.17) is 30.5 Å². The molecule has 0 fully saturated rings. The summed E-state index contributed by atoms with van der Waals surface area (Å²) in [6, 6.07) is 11.1. The van der Waals surface area contributed by atoms with Crippen molar-refractivity contribution in [1.82, 2.24) is 5.32 Å². The zero-order valence-electron chi connectivity index (χ0n) is 20.4. The molecule has 1 aliphatic heterocycles. The first kappa shape index (κ1) is 24.7. The Bertz CT molecular complexity index is 1220. The van der Waals surface area contributed by atoms with Crippen molar-refractivity contribution in [1.29, 1.82) is 0 Å². The fourth-order valence-electron chi connectivity index (χ4n) is 5.05. The molecule has 1 N–H and O–H groups in total. The average molecular weight is 498 g/mol. The van der Waals surface area contributed by atoms with E-state index in [1.807, 2.05) is 31.2 Å². The first-order valence-corrected chi connectivity index (χ1v) is 11.6. The number of methoxy groups -OCH3 is 4.